The van der Waals surface area contributed by atoms with Crippen molar-refractivity contribution in [3.8, 4) is 0 Å². The Balaban J connectivity index is 2.36. The van der Waals surface area contributed by atoms with Crippen molar-refractivity contribution < 1.29 is 5.11 Å². The predicted molar refractivity (Wildman–Crippen MR) is 76.0 cm³/mol. The molecule has 18 heavy (non-hydrogen) atoms. The van der Waals surface area contributed by atoms with E-state index in [0.29, 0.717) is 5.92 Å². The topological polar surface area (TPSA) is 23.5 Å². The van der Waals surface area contributed by atoms with Crippen molar-refractivity contribution in [3.63, 3.8) is 0 Å². The zero-order valence-corrected chi connectivity index (χ0v) is 12.0. The summed E-state index contributed by atoms with van der Waals surface area (Å²) in [6.07, 6.45) is 0.620. The molecule has 1 saturated heterocycles. The van der Waals surface area contributed by atoms with Crippen molar-refractivity contribution in [2.24, 2.45) is 0 Å². The van der Waals surface area contributed by atoms with Crippen molar-refractivity contribution in [2.45, 2.75) is 44.6 Å². The molecule has 2 heteroatoms. The first-order valence-electron chi connectivity index (χ1n) is 6.90. The number of nitrogens with zero attached hydrogens (tertiary/aromatic N) is 1. The highest BCUT2D eigenvalue weighted by Crippen LogP contribution is 2.34. The van der Waals surface area contributed by atoms with Gasteiger partial charge in [-0.15, -0.1) is 0 Å². The third-order valence-electron chi connectivity index (χ3n) is 4.33. The van der Waals surface area contributed by atoms with Gasteiger partial charge in [-0.1, -0.05) is 45.0 Å². The molecule has 2 atom stereocenters. The monoisotopic (exact) mass is 247 g/mol. The highest BCUT2D eigenvalue weighted by Gasteiger charge is 2.39. The van der Waals surface area contributed by atoms with Crippen molar-refractivity contribution >= 4 is 0 Å². The van der Waals surface area contributed by atoms with Gasteiger partial charge in [0.15, 0.2) is 0 Å². The average Bonchev–Trinajstić information content (AvgIpc) is 2.34. The lowest BCUT2D eigenvalue weighted by Gasteiger charge is -2.43. The van der Waals surface area contributed by atoms with Crippen LogP contribution in [0.1, 0.15) is 44.2 Å². The Bertz CT molecular complexity index is 415. The Hall–Kier alpha value is -0.860. The standard InChI is InChI=1S/C16H25NO/c1-12(2)13-6-5-7-14(10-13)16(3)11-17(4)9-8-15(16)18/h5-7,10,12,15,18H,8-9,11H2,1-4H3. The zero-order chi connectivity index (χ0) is 13.3. The van der Waals surface area contributed by atoms with Gasteiger partial charge in [0.1, 0.15) is 0 Å². The van der Waals surface area contributed by atoms with Crippen molar-refractivity contribution in [2.75, 3.05) is 20.1 Å². The Morgan fingerprint density at radius 3 is 2.78 bits per heavy atom. The number of aliphatic hydroxyl groups excluding tert-OH is 1. The molecule has 2 unspecified atom stereocenters. The molecule has 0 saturated carbocycles. The molecule has 2 nitrogen and oxygen atoms in total. The molecule has 2 rings (SSSR count). The molecule has 0 spiro atoms. The lowest BCUT2D eigenvalue weighted by Crippen LogP contribution is -2.51. The second kappa shape index (κ2) is 5.02. The molecule has 1 aliphatic rings. The first kappa shape index (κ1) is 13.6. The number of rotatable bonds is 2. The summed E-state index contributed by atoms with van der Waals surface area (Å²) in [4.78, 5) is 2.31. The summed E-state index contributed by atoms with van der Waals surface area (Å²) in [5, 5.41) is 10.4. The van der Waals surface area contributed by atoms with Gasteiger partial charge in [0.25, 0.3) is 0 Å². The molecule has 1 aromatic rings. The van der Waals surface area contributed by atoms with Gasteiger partial charge in [-0.3, -0.25) is 0 Å². The van der Waals surface area contributed by atoms with E-state index in [1.54, 1.807) is 0 Å². The van der Waals surface area contributed by atoms with Crippen LogP contribution in [-0.4, -0.2) is 36.2 Å². The van der Waals surface area contributed by atoms with Gasteiger partial charge in [0, 0.05) is 18.5 Å². The Labute approximate surface area is 111 Å². The van der Waals surface area contributed by atoms with Gasteiger partial charge in [0.05, 0.1) is 6.10 Å². The largest absolute Gasteiger partial charge is 0.392 e. The van der Waals surface area contributed by atoms with E-state index in [2.05, 4.69) is 57.0 Å². The Kier molecular flexibility index (Phi) is 3.79. The molecule has 0 radical (unpaired) electrons. The Morgan fingerprint density at radius 1 is 1.39 bits per heavy atom. The maximum atomic E-state index is 10.4. The molecule has 1 heterocycles. The van der Waals surface area contributed by atoms with Gasteiger partial charge in [-0.25, -0.2) is 0 Å². The molecule has 0 amide bonds. The molecular weight excluding hydrogens is 222 g/mol. The van der Waals surface area contributed by atoms with Crippen LogP contribution in [0.25, 0.3) is 0 Å². The van der Waals surface area contributed by atoms with E-state index >= 15 is 0 Å². The van der Waals surface area contributed by atoms with Crippen molar-refractivity contribution in [1.29, 1.82) is 0 Å². The molecule has 1 fully saturated rings. The number of likely N-dealkylation sites (tertiary alicyclic amines) is 1. The molecule has 1 aromatic carbocycles. The normalized spacial score (nSPS) is 29.8. The molecular formula is C16H25NO. The first-order valence-corrected chi connectivity index (χ1v) is 6.90. The molecule has 0 aromatic heterocycles. The maximum absolute atomic E-state index is 10.4. The summed E-state index contributed by atoms with van der Waals surface area (Å²) >= 11 is 0. The summed E-state index contributed by atoms with van der Waals surface area (Å²) in [7, 11) is 2.14. The minimum Gasteiger partial charge on any atom is -0.392 e. The summed E-state index contributed by atoms with van der Waals surface area (Å²) in [6.45, 7) is 8.53. The first-order chi connectivity index (χ1) is 8.43. The van der Waals surface area contributed by atoms with Crippen LogP contribution in [0.2, 0.25) is 0 Å². The summed E-state index contributed by atoms with van der Waals surface area (Å²) < 4.78 is 0. The number of piperidine rings is 1. The Morgan fingerprint density at radius 2 is 2.11 bits per heavy atom. The quantitative estimate of drug-likeness (QED) is 0.868. The fraction of sp³-hybridized carbons (Fsp3) is 0.625. The molecule has 0 bridgehead atoms. The minimum atomic E-state index is -0.240. The predicted octanol–water partition coefficient (Wildman–Crippen LogP) is 2.76. The lowest BCUT2D eigenvalue weighted by molar-refractivity contribution is 0.0197. The van der Waals surface area contributed by atoms with Crippen LogP contribution in [0.5, 0.6) is 0 Å². The fourth-order valence-corrected chi connectivity index (χ4v) is 2.94. The summed E-state index contributed by atoms with van der Waals surface area (Å²) in [5.41, 5.74) is 2.49. The number of benzene rings is 1. The number of likely N-dealkylation sites (N-methyl/N-ethyl adjacent to an activating group) is 1. The van der Waals surface area contributed by atoms with Crippen LogP contribution in [0, 0.1) is 0 Å². The third kappa shape index (κ3) is 2.45. The summed E-state index contributed by atoms with van der Waals surface area (Å²) in [6, 6.07) is 8.73. The van der Waals surface area contributed by atoms with Crippen molar-refractivity contribution in [3.05, 3.63) is 35.4 Å². The highest BCUT2D eigenvalue weighted by molar-refractivity contribution is 5.33. The number of hydrogen-bond acceptors (Lipinski definition) is 2. The van der Waals surface area contributed by atoms with E-state index in [1.165, 1.54) is 11.1 Å². The van der Waals surface area contributed by atoms with Gasteiger partial charge in [0.2, 0.25) is 0 Å². The lowest BCUT2D eigenvalue weighted by atomic mass is 9.73. The van der Waals surface area contributed by atoms with Crippen molar-refractivity contribution in [1.82, 2.24) is 4.90 Å². The second-order valence-corrected chi connectivity index (χ2v) is 6.24. The van der Waals surface area contributed by atoms with Gasteiger partial charge >= 0.3 is 0 Å². The molecule has 0 aliphatic carbocycles. The van der Waals surface area contributed by atoms with Gasteiger partial charge < -0.3 is 10.0 Å². The molecule has 1 aliphatic heterocycles. The van der Waals surface area contributed by atoms with Crippen LogP contribution in [-0.2, 0) is 5.41 Å². The van der Waals surface area contributed by atoms with E-state index in [-0.39, 0.29) is 11.5 Å². The number of aliphatic hydroxyl groups is 1. The highest BCUT2D eigenvalue weighted by atomic mass is 16.3. The van der Waals surface area contributed by atoms with Crippen LogP contribution in [0.4, 0.5) is 0 Å². The van der Waals surface area contributed by atoms with Crippen LogP contribution < -0.4 is 0 Å². The third-order valence-corrected chi connectivity index (χ3v) is 4.33. The average molecular weight is 247 g/mol. The van der Waals surface area contributed by atoms with E-state index in [9.17, 15) is 5.11 Å². The van der Waals surface area contributed by atoms with E-state index in [0.717, 1.165) is 19.5 Å². The second-order valence-electron chi connectivity index (χ2n) is 6.24. The van der Waals surface area contributed by atoms with Gasteiger partial charge in [-0.05, 0) is 30.5 Å². The van der Waals surface area contributed by atoms with E-state index in [1.807, 2.05) is 0 Å². The fourth-order valence-electron chi connectivity index (χ4n) is 2.94. The molecule has 100 valence electrons. The smallest absolute Gasteiger partial charge is 0.0658 e. The van der Waals surface area contributed by atoms with Crippen LogP contribution in [0.15, 0.2) is 24.3 Å². The summed E-state index contributed by atoms with van der Waals surface area (Å²) in [5.74, 6) is 0.534. The van der Waals surface area contributed by atoms with Crippen LogP contribution >= 0.6 is 0 Å². The zero-order valence-electron chi connectivity index (χ0n) is 12.0. The van der Waals surface area contributed by atoms with Gasteiger partial charge in [-0.2, -0.15) is 0 Å². The maximum Gasteiger partial charge on any atom is 0.0658 e. The minimum absolute atomic E-state index is 0.141. The van der Waals surface area contributed by atoms with E-state index < -0.39 is 0 Å². The van der Waals surface area contributed by atoms with Crippen LogP contribution in [0.3, 0.4) is 0 Å². The molecule has 1 N–H and O–H groups in total. The SMILES string of the molecule is CC(C)c1cccc(C2(C)CN(C)CCC2O)c1. The number of hydrogen-bond donors (Lipinski definition) is 1. The van der Waals surface area contributed by atoms with E-state index in [4.69, 9.17) is 0 Å².